The molecule has 0 aliphatic carbocycles. The Bertz CT molecular complexity index is 260. The quantitative estimate of drug-likeness (QED) is 0.549. The SMILES string of the molecule is Cc1cc(F)ccc1N=O. The van der Waals surface area contributed by atoms with Crippen molar-refractivity contribution >= 4 is 5.69 Å². The Morgan fingerprint density at radius 2 is 2.20 bits per heavy atom. The number of rotatable bonds is 1. The van der Waals surface area contributed by atoms with Crippen LogP contribution >= 0.6 is 0 Å². The van der Waals surface area contributed by atoms with Crippen LogP contribution in [0.1, 0.15) is 5.56 Å². The van der Waals surface area contributed by atoms with Crippen LogP contribution in [0.5, 0.6) is 0 Å². The maximum absolute atomic E-state index is 12.3. The minimum Gasteiger partial charge on any atom is -0.207 e. The molecule has 52 valence electrons. The number of halogens is 1. The van der Waals surface area contributed by atoms with Gasteiger partial charge in [-0.25, -0.2) is 4.39 Å². The summed E-state index contributed by atoms with van der Waals surface area (Å²) < 4.78 is 12.3. The highest BCUT2D eigenvalue weighted by molar-refractivity contribution is 5.44. The molecule has 1 aromatic rings. The molecule has 10 heavy (non-hydrogen) atoms. The molecule has 1 rings (SSSR count). The molecule has 0 N–H and O–H groups in total. The molecule has 3 heteroatoms. The minimum absolute atomic E-state index is 0.293. The van der Waals surface area contributed by atoms with Crippen molar-refractivity contribution in [2.24, 2.45) is 5.18 Å². The molecule has 0 bridgehead atoms. The molecule has 0 spiro atoms. The van der Waals surface area contributed by atoms with Crippen LogP contribution in [-0.2, 0) is 0 Å². The van der Waals surface area contributed by atoms with Crippen LogP contribution in [0, 0.1) is 17.6 Å². The Balaban J connectivity index is 3.19. The first-order valence-corrected chi connectivity index (χ1v) is 2.83. The molecule has 0 radical (unpaired) electrons. The third kappa shape index (κ3) is 1.18. The van der Waals surface area contributed by atoms with Crippen LogP contribution < -0.4 is 0 Å². The monoisotopic (exact) mass is 139 g/mol. The molecule has 0 aromatic heterocycles. The summed E-state index contributed by atoms with van der Waals surface area (Å²) in [5.41, 5.74) is 0.858. The summed E-state index contributed by atoms with van der Waals surface area (Å²) in [6.45, 7) is 1.64. The second kappa shape index (κ2) is 2.56. The van der Waals surface area contributed by atoms with E-state index in [1.807, 2.05) is 0 Å². The summed E-state index contributed by atoms with van der Waals surface area (Å²) in [5.74, 6) is -0.343. The number of aryl methyl sites for hydroxylation is 1. The van der Waals surface area contributed by atoms with E-state index in [9.17, 15) is 9.30 Å². The lowest BCUT2D eigenvalue weighted by Crippen LogP contribution is -1.76. The van der Waals surface area contributed by atoms with Gasteiger partial charge in [0.25, 0.3) is 0 Å². The molecule has 0 unspecified atom stereocenters. The average molecular weight is 139 g/mol. The highest BCUT2D eigenvalue weighted by Gasteiger charge is 1.97. The van der Waals surface area contributed by atoms with Crippen LogP contribution in [-0.4, -0.2) is 0 Å². The summed E-state index contributed by atoms with van der Waals surface area (Å²) in [7, 11) is 0. The lowest BCUT2D eigenvalue weighted by atomic mass is 10.2. The largest absolute Gasteiger partial charge is 0.207 e. The van der Waals surface area contributed by atoms with Gasteiger partial charge in [0, 0.05) is 0 Å². The molecule has 0 saturated carbocycles. The van der Waals surface area contributed by atoms with Crippen LogP contribution in [0.15, 0.2) is 23.4 Å². The Morgan fingerprint density at radius 1 is 1.50 bits per heavy atom. The molecule has 0 amide bonds. The molecule has 0 heterocycles. The average Bonchev–Trinajstić information content (AvgIpc) is 1.88. The van der Waals surface area contributed by atoms with E-state index in [2.05, 4.69) is 5.18 Å². The van der Waals surface area contributed by atoms with Crippen molar-refractivity contribution in [2.45, 2.75) is 6.92 Å². The van der Waals surface area contributed by atoms with Gasteiger partial charge in [0.2, 0.25) is 0 Å². The molecule has 0 saturated heterocycles. The number of nitroso groups, excluding NO2 is 1. The summed E-state index contributed by atoms with van der Waals surface area (Å²) in [5, 5.41) is 2.69. The van der Waals surface area contributed by atoms with Gasteiger partial charge in [-0.2, -0.15) is 0 Å². The Kier molecular flexibility index (Phi) is 1.76. The zero-order valence-electron chi connectivity index (χ0n) is 5.47. The molecule has 2 nitrogen and oxygen atoms in total. The summed E-state index contributed by atoms with van der Waals surface area (Å²) in [6.07, 6.45) is 0. The van der Waals surface area contributed by atoms with Crippen molar-refractivity contribution in [3.63, 3.8) is 0 Å². The molecular formula is C7H6FNO. The van der Waals surface area contributed by atoms with Gasteiger partial charge < -0.3 is 0 Å². The van der Waals surface area contributed by atoms with Crippen molar-refractivity contribution in [2.75, 3.05) is 0 Å². The van der Waals surface area contributed by atoms with Gasteiger partial charge in [0.1, 0.15) is 11.5 Å². The fourth-order valence-corrected chi connectivity index (χ4v) is 0.721. The van der Waals surface area contributed by atoms with Crippen molar-refractivity contribution in [3.05, 3.63) is 34.5 Å². The summed E-state index contributed by atoms with van der Waals surface area (Å²) in [6, 6.07) is 3.85. The molecule has 0 fully saturated rings. The normalized spacial score (nSPS) is 9.40. The molecule has 0 aliphatic rings. The molecule has 0 aliphatic heterocycles. The van der Waals surface area contributed by atoms with E-state index in [0.717, 1.165) is 0 Å². The Labute approximate surface area is 57.7 Å². The van der Waals surface area contributed by atoms with E-state index < -0.39 is 0 Å². The van der Waals surface area contributed by atoms with Crippen LogP contribution in [0.4, 0.5) is 10.1 Å². The third-order valence-corrected chi connectivity index (χ3v) is 1.26. The van der Waals surface area contributed by atoms with Gasteiger partial charge in [0.05, 0.1) is 0 Å². The fraction of sp³-hybridized carbons (Fsp3) is 0.143. The highest BCUT2D eigenvalue weighted by Crippen LogP contribution is 2.17. The predicted molar refractivity (Wildman–Crippen MR) is 36.6 cm³/mol. The summed E-state index contributed by atoms with van der Waals surface area (Å²) >= 11 is 0. The minimum atomic E-state index is -0.343. The first-order valence-electron chi connectivity index (χ1n) is 2.83. The predicted octanol–water partition coefficient (Wildman–Crippen LogP) is 2.53. The van der Waals surface area contributed by atoms with E-state index >= 15 is 0 Å². The van der Waals surface area contributed by atoms with Gasteiger partial charge in [-0.05, 0) is 35.9 Å². The van der Waals surface area contributed by atoms with Crippen LogP contribution in [0.2, 0.25) is 0 Å². The van der Waals surface area contributed by atoms with Crippen molar-refractivity contribution < 1.29 is 4.39 Å². The highest BCUT2D eigenvalue weighted by atomic mass is 19.1. The standard InChI is InChI=1S/C7H6FNO/c1-5-4-6(8)2-3-7(5)9-10/h2-4H,1H3. The van der Waals surface area contributed by atoms with E-state index in [-0.39, 0.29) is 5.82 Å². The van der Waals surface area contributed by atoms with Crippen molar-refractivity contribution in [1.82, 2.24) is 0 Å². The van der Waals surface area contributed by atoms with Gasteiger partial charge in [-0.1, -0.05) is 0 Å². The smallest absolute Gasteiger partial charge is 0.123 e. The maximum atomic E-state index is 12.3. The van der Waals surface area contributed by atoms with E-state index in [4.69, 9.17) is 0 Å². The Hall–Kier alpha value is -1.25. The second-order valence-electron chi connectivity index (χ2n) is 2.02. The zero-order valence-corrected chi connectivity index (χ0v) is 5.47. The van der Waals surface area contributed by atoms with Gasteiger partial charge in [0.15, 0.2) is 0 Å². The van der Waals surface area contributed by atoms with E-state index in [1.54, 1.807) is 6.92 Å². The number of hydrogen-bond donors (Lipinski definition) is 0. The molecular weight excluding hydrogens is 133 g/mol. The third-order valence-electron chi connectivity index (χ3n) is 1.26. The number of hydrogen-bond acceptors (Lipinski definition) is 2. The lowest BCUT2D eigenvalue weighted by Gasteiger charge is -1.93. The maximum Gasteiger partial charge on any atom is 0.123 e. The van der Waals surface area contributed by atoms with Gasteiger partial charge >= 0.3 is 0 Å². The van der Waals surface area contributed by atoms with E-state index in [0.29, 0.717) is 11.3 Å². The van der Waals surface area contributed by atoms with Crippen LogP contribution in [0.3, 0.4) is 0 Å². The lowest BCUT2D eigenvalue weighted by molar-refractivity contribution is 0.627. The first-order chi connectivity index (χ1) is 4.74. The van der Waals surface area contributed by atoms with Gasteiger partial charge in [-0.15, -0.1) is 4.91 Å². The van der Waals surface area contributed by atoms with Gasteiger partial charge in [-0.3, -0.25) is 0 Å². The number of nitrogens with zero attached hydrogens (tertiary/aromatic N) is 1. The molecule has 0 atom stereocenters. The van der Waals surface area contributed by atoms with Crippen LogP contribution in [0.25, 0.3) is 0 Å². The van der Waals surface area contributed by atoms with Crippen molar-refractivity contribution in [1.29, 1.82) is 0 Å². The zero-order chi connectivity index (χ0) is 7.56. The second-order valence-corrected chi connectivity index (χ2v) is 2.02. The Morgan fingerprint density at radius 3 is 2.70 bits per heavy atom. The topological polar surface area (TPSA) is 29.4 Å². The van der Waals surface area contributed by atoms with E-state index in [1.165, 1.54) is 18.2 Å². The fourth-order valence-electron chi connectivity index (χ4n) is 0.721. The number of benzene rings is 1. The first kappa shape index (κ1) is 6.86. The summed E-state index contributed by atoms with van der Waals surface area (Å²) in [4.78, 5) is 9.97. The van der Waals surface area contributed by atoms with Crippen molar-refractivity contribution in [3.8, 4) is 0 Å². The molecule has 1 aromatic carbocycles.